The van der Waals surface area contributed by atoms with Crippen LogP contribution < -0.4 is 5.32 Å². The Balaban J connectivity index is 2.03. The number of unbranched alkanes of at least 4 members (excludes halogenated alkanes) is 1. The zero-order valence-corrected chi connectivity index (χ0v) is 13.0. The smallest absolute Gasteiger partial charge is 0.0136 e. The zero-order valence-electron chi connectivity index (χ0n) is 12.2. The molecule has 0 aliphatic heterocycles. The van der Waals surface area contributed by atoms with E-state index in [0.29, 0.717) is 6.04 Å². The Morgan fingerprint density at radius 2 is 2.47 bits per heavy atom. The Morgan fingerprint density at radius 1 is 1.58 bits per heavy atom. The van der Waals surface area contributed by atoms with E-state index >= 15 is 0 Å². The van der Waals surface area contributed by atoms with Gasteiger partial charge in [0.25, 0.3) is 0 Å². The molecule has 0 aromatic carbocycles. The molecule has 1 aromatic heterocycles. The van der Waals surface area contributed by atoms with Gasteiger partial charge in [-0.3, -0.25) is 0 Å². The minimum absolute atomic E-state index is 0.661. The highest BCUT2D eigenvalue weighted by molar-refractivity contribution is 7.10. The molecule has 0 bridgehead atoms. The highest BCUT2D eigenvalue weighted by atomic mass is 32.1. The largest absolute Gasteiger partial charge is 0.313 e. The van der Waals surface area contributed by atoms with Crippen LogP contribution in [0, 0.1) is 0 Å². The lowest BCUT2D eigenvalue weighted by atomic mass is 9.80. The molecule has 2 atom stereocenters. The summed E-state index contributed by atoms with van der Waals surface area (Å²) in [6.45, 7) is 7.24. The molecule has 2 rings (SSSR count). The molecule has 19 heavy (non-hydrogen) atoms. The van der Waals surface area contributed by atoms with Crippen molar-refractivity contribution in [2.45, 2.75) is 63.8 Å². The van der Waals surface area contributed by atoms with Gasteiger partial charge in [-0.1, -0.05) is 13.0 Å². The zero-order chi connectivity index (χ0) is 13.5. The van der Waals surface area contributed by atoms with Crippen LogP contribution in [-0.2, 0) is 6.42 Å². The third kappa shape index (κ3) is 3.93. The number of allylic oxidation sites excluding steroid dienone is 1. The molecule has 2 unspecified atom stereocenters. The van der Waals surface area contributed by atoms with Crippen LogP contribution in [0.2, 0.25) is 0 Å². The summed E-state index contributed by atoms with van der Waals surface area (Å²) in [6, 6.07) is 3.03. The average Bonchev–Trinajstić information content (AvgIpc) is 2.91. The van der Waals surface area contributed by atoms with Crippen molar-refractivity contribution in [1.29, 1.82) is 0 Å². The predicted molar refractivity (Wildman–Crippen MR) is 86.1 cm³/mol. The molecule has 0 saturated heterocycles. The molecule has 0 saturated carbocycles. The number of aryl methyl sites for hydroxylation is 1. The van der Waals surface area contributed by atoms with E-state index in [-0.39, 0.29) is 0 Å². The van der Waals surface area contributed by atoms with E-state index in [1.807, 2.05) is 17.4 Å². The van der Waals surface area contributed by atoms with Crippen molar-refractivity contribution >= 4 is 11.3 Å². The highest BCUT2D eigenvalue weighted by Crippen LogP contribution is 2.38. The number of fused-ring (bicyclic) bond motifs is 1. The minimum atomic E-state index is 0.661. The second kappa shape index (κ2) is 7.86. The van der Waals surface area contributed by atoms with Crippen LogP contribution in [0.4, 0.5) is 0 Å². The average molecular weight is 277 g/mol. The molecule has 0 spiro atoms. The Kier molecular flexibility index (Phi) is 6.12. The van der Waals surface area contributed by atoms with Gasteiger partial charge in [0, 0.05) is 16.8 Å². The van der Waals surface area contributed by atoms with Crippen molar-refractivity contribution in [3.8, 4) is 0 Å². The Labute approximate surface area is 122 Å². The van der Waals surface area contributed by atoms with Gasteiger partial charge in [-0.2, -0.15) is 0 Å². The van der Waals surface area contributed by atoms with Crippen LogP contribution in [-0.4, -0.2) is 12.6 Å². The van der Waals surface area contributed by atoms with Crippen molar-refractivity contribution in [2.75, 3.05) is 6.54 Å². The summed E-state index contributed by atoms with van der Waals surface area (Å²) < 4.78 is 0. The normalized spacial score (nSPS) is 19.9. The fraction of sp³-hybridized carbons (Fsp3) is 0.647. The van der Waals surface area contributed by atoms with E-state index in [1.165, 1.54) is 38.5 Å². The van der Waals surface area contributed by atoms with E-state index in [9.17, 15) is 0 Å². The van der Waals surface area contributed by atoms with E-state index < -0.39 is 0 Å². The third-order valence-electron chi connectivity index (χ3n) is 4.16. The first-order chi connectivity index (χ1) is 9.36. The van der Waals surface area contributed by atoms with Gasteiger partial charge in [-0.15, -0.1) is 17.9 Å². The fourth-order valence-corrected chi connectivity index (χ4v) is 4.19. The lowest BCUT2D eigenvalue weighted by Gasteiger charge is -2.31. The van der Waals surface area contributed by atoms with E-state index in [2.05, 4.69) is 30.3 Å². The standard InChI is InChI=1S/C17H27NS/c1-3-5-6-9-16(18-12-4-2)14-8-7-10-17-15(14)11-13-19-17/h3,11,13-14,16,18H,1,4-10,12H2,2H3. The molecular weight excluding hydrogens is 250 g/mol. The first-order valence-corrected chi connectivity index (χ1v) is 8.65. The van der Waals surface area contributed by atoms with Crippen LogP contribution in [0.1, 0.15) is 61.8 Å². The molecule has 0 radical (unpaired) electrons. The molecule has 1 heterocycles. The van der Waals surface area contributed by atoms with Gasteiger partial charge in [0.05, 0.1) is 0 Å². The summed E-state index contributed by atoms with van der Waals surface area (Å²) in [5.74, 6) is 0.742. The van der Waals surface area contributed by atoms with Gasteiger partial charge in [-0.05, 0) is 68.5 Å². The van der Waals surface area contributed by atoms with Crippen molar-refractivity contribution < 1.29 is 0 Å². The molecule has 0 amide bonds. The van der Waals surface area contributed by atoms with Crippen molar-refractivity contribution in [1.82, 2.24) is 5.32 Å². The Bertz CT molecular complexity index is 382. The van der Waals surface area contributed by atoms with Crippen molar-refractivity contribution in [3.05, 3.63) is 34.5 Å². The van der Waals surface area contributed by atoms with Crippen LogP contribution in [0.3, 0.4) is 0 Å². The van der Waals surface area contributed by atoms with E-state index in [4.69, 9.17) is 0 Å². The van der Waals surface area contributed by atoms with Gasteiger partial charge in [0.1, 0.15) is 0 Å². The van der Waals surface area contributed by atoms with Crippen LogP contribution in [0.15, 0.2) is 24.1 Å². The number of nitrogens with one attached hydrogen (secondary N) is 1. The lowest BCUT2D eigenvalue weighted by molar-refractivity contribution is 0.369. The van der Waals surface area contributed by atoms with Crippen LogP contribution in [0.5, 0.6) is 0 Å². The number of thiophene rings is 1. The maximum absolute atomic E-state index is 3.84. The second-order valence-electron chi connectivity index (χ2n) is 5.58. The van der Waals surface area contributed by atoms with Crippen molar-refractivity contribution in [2.24, 2.45) is 0 Å². The fourth-order valence-electron chi connectivity index (χ4n) is 3.20. The maximum Gasteiger partial charge on any atom is 0.0136 e. The van der Waals surface area contributed by atoms with Crippen molar-refractivity contribution in [3.63, 3.8) is 0 Å². The first-order valence-electron chi connectivity index (χ1n) is 7.77. The summed E-state index contributed by atoms with van der Waals surface area (Å²) in [7, 11) is 0. The van der Waals surface area contributed by atoms with Gasteiger partial charge in [0.15, 0.2) is 0 Å². The van der Waals surface area contributed by atoms with Crippen LogP contribution >= 0.6 is 11.3 Å². The monoisotopic (exact) mass is 277 g/mol. The molecule has 1 aliphatic rings. The third-order valence-corrected chi connectivity index (χ3v) is 5.16. The van der Waals surface area contributed by atoms with Crippen LogP contribution in [0.25, 0.3) is 0 Å². The molecule has 1 aliphatic carbocycles. The summed E-state index contributed by atoms with van der Waals surface area (Å²) in [5, 5.41) is 6.08. The number of hydrogen-bond donors (Lipinski definition) is 1. The van der Waals surface area contributed by atoms with Gasteiger partial charge in [0.2, 0.25) is 0 Å². The summed E-state index contributed by atoms with van der Waals surface area (Å²) in [6.07, 6.45) is 11.0. The second-order valence-corrected chi connectivity index (χ2v) is 6.58. The maximum atomic E-state index is 3.84. The summed E-state index contributed by atoms with van der Waals surface area (Å²) in [5.41, 5.74) is 1.64. The molecule has 2 heteroatoms. The Morgan fingerprint density at radius 3 is 3.26 bits per heavy atom. The van der Waals surface area contributed by atoms with Gasteiger partial charge < -0.3 is 5.32 Å². The molecular formula is C17H27NS. The lowest BCUT2D eigenvalue weighted by Crippen LogP contribution is -2.36. The van der Waals surface area contributed by atoms with E-state index in [1.54, 1.807) is 10.4 Å². The Hall–Kier alpha value is -0.600. The first kappa shape index (κ1) is 14.8. The molecule has 1 N–H and O–H groups in total. The summed E-state index contributed by atoms with van der Waals surface area (Å²) >= 11 is 1.95. The minimum Gasteiger partial charge on any atom is -0.313 e. The molecule has 1 aromatic rings. The number of hydrogen-bond acceptors (Lipinski definition) is 2. The van der Waals surface area contributed by atoms with Gasteiger partial charge >= 0.3 is 0 Å². The summed E-state index contributed by atoms with van der Waals surface area (Å²) in [4.78, 5) is 1.64. The van der Waals surface area contributed by atoms with Gasteiger partial charge in [-0.25, -0.2) is 0 Å². The highest BCUT2D eigenvalue weighted by Gasteiger charge is 2.27. The predicted octanol–water partition coefficient (Wildman–Crippen LogP) is 4.89. The van der Waals surface area contributed by atoms with E-state index in [0.717, 1.165) is 18.9 Å². The quantitative estimate of drug-likeness (QED) is 0.527. The number of rotatable bonds is 8. The molecule has 106 valence electrons. The topological polar surface area (TPSA) is 12.0 Å². The SMILES string of the molecule is C=CCCCC(NCCC)C1CCCc2sccc21. The molecule has 1 nitrogen and oxygen atoms in total. The molecule has 0 fully saturated rings.